The van der Waals surface area contributed by atoms with Crippen molar-refractivity contribution in [2.24, 2.45) is 0 Å². The molecule has 0 radical (unpaired) electrons. The number of pyridine rings is 1. The predicted octanol–water partition coefficient (Wildman–Crippen LogP) is 2.66. The predicted molar refractivity (Wildman–Crippen MR) is 60.3 cm³/mol. The van der Waals surface area contributed by atoms with E-state index in [-0.39, 0.29) is 5.88 Å². The van der Waals surface area contributed by atoms with Crippen molar-refractivity contribution in [2.75, 3.05) is 6.61 Å². The number of ether oxygens (including phenoxy) is 1. The van der Waals surface area contributed by atoms with Crippen molar-refractivity contribution in [2.45, 2.75) is 38.0 Å². The second kappa shape index (κ2) is 5.56. The summed E-state index contributed by atoms with van der Waals surface area (Å²) in [4.78, 5) is 4.14. The average molecular weight is 260 g/mol. The molecule has 0 atom stereocenters. The van der Waals surface area contributed by atoms with Gasteiger partial charge >= 0.3 is 6.18 Å². The molecule has 1 N–H and O–H groups in total. The van der Waals surface area contributed by atoms with Crippen LogP contribution >= 0.6 is 0 Å². The van der Waals surface area contributed by atoms with Gasteiger partial charge in [-0.15, -0.1) is 0 Å². The molecule has 1 aromatic heterocycles. The van der Waals surface area contributed by atoms with Crippen LogP contribution in [0.2, 0.25) is 0 Å². The zero-order chi connectivity index (χ0) is 13.0. The minimum absolute atomic E-state index is 0.245. The number of nitrogens with one attached hydrogen (secondary N) is 1. The van der Waals surface area contributed by atoms with Gasteiger partial charge in [0.1, 0.15) is 0 Å². The maximum atomic E-state index is 11.9. The quantitative estimate of drug-likeness (QED) is 0.853. The Labute approximate surface area is 103 Å². The van der Waals surface area contributed by atoms with Gasteiger partial charge in [-0.3, -0.25) is 0 Å². The van der Waals surface area contributed by atoms with Crippen LogP contribution in [0.1, 0.15) is 25.0 Å². The standard InChI is InChI=1S/C12H15F3N2O/c13-12(14,15)6-7-18-11-3-1-2-10(17-11)8-16-9-4-5-9/h1-3,9,16H,4-8H2. The van der Waals surface area contributed by atoms with Crippen LogP contribution in [0.4, 0.5) is 13.2 Å². The number of rotatable bonds is 6. The second-order valence-corrected chi connectivity index (χ2v) is 4.34. The van der Waals surface area contributed by atoms with Gasteiger partial charge in [0.25, 0.3) is 0 Å². The fraction of sp³-hybridized carbons (Fsp3) is 0.583. The fourth-order valence-electron chi connectivity index (χ4n) is 1.44. The maximum absolute atomic E-state index is 11.9. The van der Waals surface area contributed by atoms with E-state index in [0.717, 1.165) is 5.69 Å². The Morgan fingerprint density at radius 2 is 2.11 bits per heavy atom. The lowest BCUT2D eigenvalue weighted by atomic mass is 10.3. The van der Waals surface area contributed by atoms with Gasteiger partial charge in [0.2, 0.25) is 5.88 Å². The van der Waals surface area contributed by atoms with Crippen LogP contribution in [0, 0.1) is 0 Å². The summed E-state index contributed by atoms with van der Waals surface area (Å²) < 4.78 is 40.8. The third-order valence-electron chi connectivity index (χ3n) is 2.57. The zero-order valence-corrected chi connectivity index (χ0v) is 9.83. The third-order valence-corrected chi connectivity index (χ3v) is 2.57. The van der Waals surface area contributed by atoms with E-state index in [4.69, 9.17) is 4.74 Å². The van der Waals surface area contributed by atoms with Gasteiger partial charge in [-0.1, -0.05) is 6.07 Å². The highest BCUT2D eigenvalue weighted by atomic mass is 19.4. The lowest BCUT2D eigenvalue weighted by Crippen LogP contribution is -2.17. The summed E-state index contributed by atoms with van der Waals surface area (Å²) in [5, 5.41) is 3.28. The average Bonchev–Trinajstić information content (AvgIpc) is 3.09. The Balaban J connectivity index is 1.78. The van der Waals surface area contributed by atoms with Gasteiger partial charge in [-0.25, -0.2) is 4.98 Å². The topological polar surface area (TPSA) is 34.1 Å². The Morgan fingerprint density at radius 1 is 1.33 bits per heavy atom. The van der Waals surface area contributed by atoms with Crippen molar-refractivity contribution < 1.29 is 17.9 Å². The molecule has 18 heavy (non-hydrogen) atoms. The van der Waals surface area contributed by atoms with E-state index in [2.05, 4.69) is 10.3 Å². The molecule has 0 aliphatic heterocycles. The van der Waals surface area contributed by atoms with E-state index in [1.54, 1.807) is 12.1 Å². The summed E-state index contributed by atoms with van der Waals surface area (Å²) in [5.41, 5.74) is 0.784. The van der Waals surface area contributed by atoms with Crippen molar-refractivity contribution in [3.05, 3.63) is 23.9 Å². The number of alkyl halides is 3. The minimum atomic E-state index is -4.19. The molecule has 0 unspecified atom stereocenters. The first-order valence-electron chi connectivity index (χ1n) is 5.92. The van der Waals surface area contributed by atoms with E-state index < -0.39 is 19.2 Å². The molecule has 6 heteroatoms. The molecule has 3 nitrogen and oxygen atoms in total. The van der Waals surface area contributed by atoms with E-state index >= 15 is 0 Å². The Morgan fingerprint density at radius 3 is 2.78 bits per heavy atom. The van der Waals surface area contributed by atoms with Crippen LogP contribution in [0.25, 0.3) is 0 Å². The van der Waals surface area contributed by atoms with Gasteiger partial charge < -0.3 is 10.1 Å². The van der Waals surface area contributed by atoms with Crippen molar-refractivity contribution >= 4 is 0 Å². The molecular weight excluding hydrogens is 245 g/mol. The molecule has 0 aromatic carbocycles. The first kappa shape index (κ1) is 13.1. The number of nitrogens with zero attached hydrogens (tertiary/aromatic N) is 1. The largest absolute Gasteiger partial charge is 0.477 e. The highest BCUT2D eigenvalue weighted by Gasteiger charge is 2.27. The van der Waals surface area contributed by atoms with Crippen molar-refractivity contribution in [3.8, 4) is 5.88 Å². The van der Waals surface area contributed by atoms with E-state index in [9.17, 15) is 13.2 Å². The van der Waals surface area contributed by atoms with Gasteiger partial charge in [-0.2, -0.15) is 13.2 Å². The molecule has 0 bridgehead atoms. The van der Waals surface area contributed by atoms with Crippen LogP contribution in [0.15, 0.2) is 18.2 Å². The molecule has 0 saturated heterocycles. The molecule has 1 aromatic rings. The van der Waals surface area contributed by atoms with E-state index in [0.29, 0.717) is 12.6 Å². The van der Waals surface area contributed by atoms with Gasteiger partial charge in [0, 0.05) is 18.7 Å². The molecule has 2 rings (SSSR count). The summed E-state index contributed by atoms with van der Waals surface area (Å²) in [6.45, 7) is 0.233. The highest BCUT2D eigenvalue weighted by Crippen LogP contribution is 2.20. The van der Waals surface area contributed by atoms with Gasteiger partial charge in [-0.05, 0) is 18.9 Å². The van der Waals surface area contributed by atoms with Crippen molar-refractivity contribution in [1.29, 1.82) is 0 Å². The van der Waals surface area contributed by atoms with Crippen LogP contribution in [-0.2, 0) is 6.54 Å². The van der Waals surface area contributed by atoms with Crippen LogP contribution in [0.5, 0.6) is 5.88 Å². The Kier molecular flexibility index (Phi) is 4.06. The fourth-order valence-corrected chi connectivity index (χ4v) is 1.44. The first-order chi connectivity index (χ1) is 8.53. The lowest BCUT2D eigenvalue weighted by Gasteiger charge is -2.09. The number of aromatic nitrogens is 1. The maximum Gasteiger partial charge on any atom is 0.392 e. The van der Waals surface area contributed by atoms with Crippen molar-refractivity contribution in [1.82, 2.24) is 10.3 Å². The van der Waals surface area contributed by atoms with Crippen LogP contribution in [0.3, 0.4) is 0 Å². The molecule has 0 spiro atoms. The summed E-state index contributed by atoms with van der Waals surface area (Å²) in [6.07, 6.45) is -2.78. The highest BCUT2D eigenvalue weighted by molar-refractivity contribution is 5.15. The molecule has 1 fully saturated rings. The molecule has 100 valence electrons. The second-order valence-electron chi connectivity index (χ2n) is 4.34. The Bertz CT molecular complexity index is 391. The van der Waals surface area contributed by atoms with Crippen LogP contribution < -0.4 is 10.1 Å². The Hall–Kier alpha value is -1.30. The number of halogens is 3. The summed E-state index contributed by atoms with van der Waals surface area (Å²) >= 11 is 0. The molecule has 1 saturated carbocycles. The van der Waals surface area contributed by atoms with E-state index in [1.165, 1.54) is 12.8 Å². The normalized spacial score (nSPS) is 15.7. The molecule has 0 amide bonds. The van der Waals surface area contributed by atoms with Gasteiger partial charge in [0.15, 0.2) is 0 Å². The molecule has 1 aliphatic rings. The van der Waals surface area contributed by atoms with E-state index in [1.807, 2.05) is 6.07 Å². The van der Waals surface area contributed by atoms with Crippen LogP contribution in [-0.4, -0.2) is 23.8 Å². The number of hydrogen-bond donors (Lipinski definition) is 1. The van der Waals surface area contributed by atoms with Gasteiger partial charge in [0.05, 0.1) is 18.7 Å². The number of hydrogen-bond acceptors (Lipinski definition) is 3. The lowest BCUT2D eigenvalue weighted by molar-refractivity contribution is -0.139. The van der Waals surface area contributed by atoms with Crippen molar-refractivity contribution in [3.63, 3.8) is 0 Å². The zero-order valence-electron chi connectivity index (χ0n) is 9.83. The first-order valence-corrected chi connectivity index (χ1v) is 5.92. The SMILES string of the molecule is FC(F)(F)CCOc1cccc(CNC2CC2)n1. The summed E-state index contributed by atoms with van der Waals surface area (Å²) in [7, 11) is 0. The molecule has 1 heterocycles. The summed E-state index contributed by atoms with van der Waals surface area (Å²) in [6, 6.07) is 5.70. The minimum Gasteiger partial charge on any atom is -0.477 e. The third kappa shape index (κ3) is 4.91. The molecule has 1 aliphatic carbocycles. The summed E-state index contributed by atoms with van der Waals surface area (Å²) in [5.74, 6) is 0.245. The molecular formula is C12H15F3N2O. The smallest absolute Gasteiger partial charge is 0.392 e. The monoisotopic (exact) mass is 260 g/mol.